The van der Waals surface area contributed by atoms with E-state index in [1.54, 1.807) is 0 Å². The lowest BCUT2D eigenvalue weighted by Gasteiger charge is -2.08. The van der Waals surface area contributed by atoms with Crippen LogP contribution >= 0.6 is 0 Å². The number of halogens is 3. The molecule has 0 unspecified atom stereocenters. The fourth-order valence-corrected chi connectivity index (χ4v) is 1.79. The van der Waals surface area contributed by atoms with Crippen LogP contribution in [0.25, 0.3) is 0 Å². The van der Waals surface area contributed by atoms with Crippen molar-refractivity contribution in [2.24, 2.45) is 7.05 Å². The molecule has 0 aliphatic heterocycles. The number of nitrogens with zero attached hydrogens (tertiary/aromatic N) is 2. The molecule has 0 amide bonds. The van der Waals surface area contributed by atoms with Gasteiger partial charge in [-0.05, 0) is 6.07 Å². The number of sulfonamides is 1. The van der Waals surface area contributed by atoms with Gasteiger partial charge in [-0.1, -0.05) is 4.89 Å². The molecule has 1 N–H and O–H groups in total. The lowest BCUT2D eigenvalue weighted by Crippen LogP contribution is -2.30. The molecule has 0 atom stereocenters. The van der Waals surface area contributed by atoms with Crippen molar-refractivity contribution in [1.82, 2.24) is 14.7 Å². The monoisotopic (exact) mass is 259 g/mol. The van der Waals surface area contributed by atoms with E-state index in [1.807, 2.05) is 0 Å². The summed E-state index contributed by atoms with van der Waals surface area (Å²) in [6.45, 7) is -1.70. The van der Waals surface area contributed by atoms with Gasteiger partial charge in [0, 0.05) is 7.05 Å². The highest BCUT2D eigenvalue weighted by Gasteiger charge is 2.29. The van der Waals surface area contributed by atoms with Gasteiger partial charge in [0.05, 0.1) is 6.20 Å². The first-order valence-corrected chi connectivity index (χ1v) is 5.39. The Labute approximate surface area is 89.0 Å². The summed E-state index contributed by atoms with van der Waals surface area (Å²) in [5.74, 6) is 0. The predicted octanol–water partition coefficient (Wildman–Crippen LogP) is 0.192. The zero-order chi connectivity index (χ0) is 12.4. The number of alkyl halides is 3. The van der Waals surface area contributed by atoms with E-state index in [2.05, 4.69) is 9.94 Å². The number of nitrogens with one attached hydrogen (secondary N) is 1. The van der Waals surface area contributed by atoms with E-state index >= 15 is 0 Å². The normalized spacial score (nSPS) is 13.0. The Balaban J connectivity index is 2.64. The molecule has 1 heterocycles. The fourth-order valence-electron chi connectivity index (χ4n) is 0.857. The minimum absolute atomic E-state index is 0.297. The third-order valence-corrected chi connectivity index (χ3v) is 2.74. The van der Waals surface area contributed by atoms with Crippen molar-refractivity contribution in [3.8, 4) is 0 Å². The van der Waals surface area contributed by atoms with Crippen LogP contribution in [-0.2, 0) is 21.9 Å². The fraction of sp³-hybridized carbons (Fsp3) is 0.500. The lowest BCUT2D eigenvalue weighted by atomic mass is 10.7. The first-order chi connectivity index (χ1) is 7.22. The Kier molecular flexibility index (Phi) is 3.55. The number of aryl methyl sites for hydroxylation is 1. The summed E-state index contributed by atoms with van der Waals surface area (Å²) < 4.78 is 58.7. The van der Waals surface area contributed by atoms with Crippen molar-refractivity contribution in [2.45, 2.75) is 11.2 Å². The lowest BCUT2D eigenvalue weighted by molar-refractivity contribution is -0.181. The van der Waals surface area contributed by atoms with Crippen molar-refractivity contribution in [1.29, 1.82) is 0 Å². The van der Waals surface area contributed by atoms with Crippen LogP contribution in [0.15, 0.2) is 17.3 Å². The Hall–Kier alpha value is -1.13. The molecule has 0 bridgehead atoms. The maximum absolute atomic E-state index is 11.7. The molecule has 0 radical (unpaired) electrons. The van der Waals surface area contributed by atoms with Crippen LogP contribution in [0.5, 0.6) is 0 Å². The third-order valence-electron chi connectivity index (χ3n) is 1.46. The van der Waals surface area contributed by atoms with E-state index in [1.165, 1.54) is 18.1 Å². The minimum atomic E-state index is -4.60. The number of rotatable bonds is 4. The van der Waals surface area contributed by atoms with Gasteiger partial charge in [-0.2, -0.15) is 18.3 Å². The van der Waals surface area contributed by atoms with Gasteiger partial charge >= 0.3 is 6.18 Å². The molecule has 0 aliphatic rings. The second kappa shape index (κ2) is 4.39. The Morgan fingerprint density at radius 2 is 2.19 bits per heavy atom. The first kappa shape index (κ1) is 12.9. The zero-order valence-electron chi connectivity index (χ0n) is 8.02. The SMILES string of the molecule is Cn1nccc1S(=O)(=O)NOCC(F)(F)F. The molecule has 10 heteroatoms. The number of aromatic nitrogens is 2. The summed E-state index contributed by atoms with van der Waals surface area (Å²) in [5, 5.41) is 3.26. The van der Waals surface area contributed by atoms with Gasteiger partial charge < -0.3 is 0 Å². The van der Waals surface area contributed by atoms with Gasteiger partial charge in [0.15, 0.2) is 11.6 Å². The second-order valence-corrected chi connectivity index (χ2v) is 4.38. The molecule has 0 fully saturated rings. The maximum Gasteiger partial charge on any atom is 0.413 e. The summed E-state index contributed by atoms with van der Waals surface area (Å²) >= 11 is 0. The van der Waals surface area contributed by atoms with Crippen LogP contribution in [-0.4, -0.2) is 31.0 Å². The molecule has 0 saturated heterocycles. The summed E-state index contributed by atoms with van der Waals surface area (Å²) in [5.41, 5.74) is 0. The molecule has 1 aromatic rings. The molecule has 0 spiro atoms. The summed E-state index contributed by atoms with van der Waals surface area (Å²) in [6.07, 6.45) is -3.41. The topological polar surface area (TPSA) is 73.2 Å². The number of hydrogen-bond donors (Lipinski definition) is 1. The molecule has 0 aliphatic carbocycles. The van der Waals surface area contributed by atoms with Crippen molar-refractivity contribution < 1.29 is 26.4 Å². The van der Waals surface area contributed by atoms with E-state index in [-0.39, 0.29) is 5.03 Å². The molecular formula is C6H8F3N3O3S. The summed E-state index contributed by atoms with van der Waals surface area (Å²) in [4.78, 5) is 5.19. The van der Waals surface area contributed by atoms with Crippen LogP contribution in [0.3, 0.4) is 0 Å². The molecule has 6 nitrogen and oxygen atoms in total. The average Bonchev–Trinajstić information content (AvgIpc) is 2.48. The van der Waals surface area contributed by atoms with Gasteiger partial charge in [-0.3, -0.25) is 9.52 Å². The van der Waals surface area contributed by atoms with E-state index < -0.39 is 22.8 Å². The molecule has 1 rings (SSSR count). The van der Waals surface area contributed by atoms with E-state index in [0.29, 0.717) is 0 Å². The van der Waals surface area contributed by atoms with E-state index in [9.17, 15) is 21.6 Å². The molecule has 0 aromatic carbocycles. The van der Waals surface area contributed by atoms with E-state index in [0.717, 1.165) is 10.7 Å². The molecule has 16 heavy (non-hydrogen) atoms. The summed E-state index contributed by atoms with van der Waals surface area (Å²) in [7, 11) is -2.81. The smallest absolute Gasteiger partial charge is 0.277 e. The molecular weight excluding hydrogens is 251 g/mol. The summed E-state index contributed by atoms with van der Waals surface area (Å²) in [6, 6.07) is 1.12. The maximum atomic E-state index is 11.7. The van der Waals surface area contributed by atoms with Crippen molar-refractivity contribution in [2.75, 3.05) is 6.61 Å². The molecule has 92 valence electrons. The van der Waals surface area contributed by atoms with Crippen molar-refractivity contribution in [3.63, 3.8) is 0 Å². The Morgan fingerprint density at radius 1 is 1.56 bits per heavy atom. The van der Waals surface area contributed by atoms with Gasteiger partial charge in [-0.25, -0.2) is 8.42 Å². The molecule has 0 saturated carbocycles. The Morgan fingerprint density at radius 3 is 2.62 bits per heavy atom. The quantitative estimate of drug-likeness (QED) is 0.783. The predicted molar refractivity (Wildman–Crippen MR) is 45.5 cm³/mol. The van der Waals surface area contributed by atoms with Crippen LogP contribution < -0.4 is 4.89 Å². The number of hydrogen-bond acceptors (Lipinski definition) is 4. The third kappa shape index (κ3) is 3.47. The van der Waals surface area contributed by atoms with Gasteiger partial charge in [-0.15, -0.1) is 0 Å². The van der Waals surface area contributed by atoms with Gasteiger partial charge in [0.1, 0.15) is 0 Å². The molecule has 1 aromatic heterocycles. The van der Waals surface area contributed by atoms with E-state index in [4.69, 9.17) is 0 Å². The first-order valence-electron chi connectivity index (χ1n) is 3.91. The minimum Gasteiger partial charge on any atom is -0.277 e. The van der Waals surface area contributed by atoms with Crippen LogP contribution in [0.2, 0.25) is 0 Å². The highest BCUT2D eigenvalue weighted by Crippen LogP contribution is 2.14. The van der Waals surface area contributed by atoms with Gasteiger partial charge in [0.25, 0.3) is 10.0 Å². The van der Waals surface area contributed by atoms with Crippen molar-refractivity contribution in [3.05, 3.63) is 12.3 Å². The Bertz CT molecular complexity index is 453. The van der Waals surface area contributed by atoms with Crippen LogP contribution in [0.1, 0.15) is 0 Å². The van der Waals surface area contributed by atoms with Crippen LogP contribution in [0, 0.1) is 0 Å². The van der Waals surface area contributed by atoms with Crippen LogP contribution in [0.4, 0.5) is 13.2 Å². The zero-order valence-corrected chi connectivity index (χ0v) is 8.84. The van der Waals surface area contributed by atoms with Crippen molar-refractivity contribution >= 4 is 10.0 Å². The van der Waals surface area contributed by atoms with Gasteiger partial charge in [0.2, 0.25) is 0 Å². The largest absolute Gasteiger partial charge is 0.413 e. The highest BCUT2D eigenvalue weighted by atomic mass is 32.2. The second-order valence-electron chi connectivity index (χ2n) is 2.78. The average molecular weight is 259 g/mol. The standard InChI is InChI=1S/C6H8F3N3O3S/c1-12-5(2-3-10-12)16(13,14)11-15-4-6(7,8)9/h2-3,11H,4H2,1H3. The highest BCUT2D eigenvalue weighted by molar-refractivity contribution is 7.89.